The van der Waals surface area contributed by atoms with Gasteiger partial charge in [0.2, 0.25) is 0 Å². The lowest BCUT2D eigenvalue weighted by Gasteiger charge is -2.32. The van der Waals surface area contributed by atoms with Crippen molar-refractivity contribution < 1.29 is 23.1 Å². The fourth-order valence-corrected chi connectivity index (χ4v) is 2.17. The number of halogens is 3. The fraction of sp³-hybridized carbons (Fsp3) is 0.500. The largest absolute Gasteiger partial charge is 0.438 e. The molecule has 22 heavy (non-hydrogen) atoms. The lowest BCUT2D eigenvalue weighted by Crippen LogP contribution is -2.56. The summed E-state index contributed by atoms with van der Waals surface area (Å²) in [6.07, 6.45) is -2.72. The fourth-order valence-electron chi connectivity index (χ4n) is 2.17. The van der Waals surface area contributed by atoms with Crippen LogP contribution in [-0.2, 0) is 0 Å². The van der Waals surface area contributed by atoms with Crippen molar-refractivity contribution in [2.45, 2.75) is 44.5 Å². The third-order valence-corrected chi connectivity index (χ3v) is 3.39. The summed E-state index contributed by atoms with van der Waals surface area (Å²) in [5, 5.41) is 13.9. The number of carbonyl (C=O) groups is 1. The maximum absolute atomic E-state index is 13.2. The van der Waals surface area contributed by atoms with Crippen LogP contribution in [0.15, 0.2) is 29.5 Å². The SMILES string of the molecule is CCCCC1=NN(C(=O)c2ccccn2)[C@](O)(C(F)(F)F)C1. The van der Waals surface area contributed by atoms with Gasteiger partial charge < -0.3 is 5.11 Å². The summed E-state index contributed by atoms with van der Waals surface area (Å²) < 4.78 is 39.7. The molecule has 0 fully saturated rings. The van der Waals surface area contributed by atoms with Crippen molar-refractivity contribution in [3.05, 3.63) is 30.1 Å². The molecule has 1 aromatic rings. The topological polar surface area (TPSA) is 65.8 Å². The van der Waals surface area contributed by atoms with Gasteiger partial charge in [0, 0.05) is 18.3 Å². The predicted molar refractivity (Wildman–Crippen MR) is 73.0 cm³/mol. The zero-order valence-corrected chi connectivity index (χ0v) is 12.0. The minimum atomic E-state index is -5.01. The molecule has 120 valence electrons. The molecule has 0 unspecified atom stereocenters. The van der Waals surface area contributed by atoms with Gasteiger partial charge in [-0.2, -0.15) is 23.3 Å². The third-order valence-electron chi connectivity index (χ3n) is 3.39. The summed E-state index contributed by atoms with van der Waals surface area (Å²) >= 11 is 0. The van der Waals surface area contributed by atoms with E-state index in [1.54, 1.807) is 0 Å². The van der Waals surface area contributed by atoms with Crippen LogP contribution in [0.3, 0.4) is 0 Å². The van der Waals surface area contributed by atoms with Crippen molar-refractivity contribution >= 4 is 11.6 Å². The number of amides is 1. The van der Waals surface area contributed by atoms with Crippen LogP contribution in [0.25, 0.3) is 0 Å². The number of pyridine rings is 1. The normalized spacial score (nSPS) is 21.9. The van der Waals surface area contributed by atoms with Crippen molar-refractivity contribution in [3.8, 4) is 0 Å². The summed E-state index contributed by atoms with van der Waals surface area (Å²) in [4.78, 5) is 15.9. The molecule has 1 N–H and O–H groups in total. The Morgan fingerprint density at radius 3 is 2.73 bits per heavy atom. The van der Waals surface area contributed by atoms with Gasteiger partial charge in [-0.05, 0) is 25.0 Å². The van der Waals surface area contributed by atoms with E-state index in [0.717, 1.165) is 6.42 Å². The number of carbonyl (C=O) groups excluding carboxylic acids is 1. The van der Waals surface area contributed by atoms with E-state index >= 15 is 0 Å². The number of unbranched alkanes of at least 4 members (excludes halogenated alkanes) is 1. The van der Waals surface area contributed by atoms with E-state index in [4.69, 9.17) is 0 Å². The quantitative estimate of drug-likeness (QED) is 0.929. The standard InChI is InChI=1S/C14H16F3N3O2/c1-2-3-6-10-9-13(22,14(15,16)17)20(19-10)12(21)11-7-4-5-8-18-11/h4-5,7-8,22H,2-3,6,9H2,1H3/t13-/m1/s1. The zero-order chi connectivity index (χ0) is 16.4. The van der Waals surface area contributed by atoms with E-state index in [1.165, 1.54) is 24.4 Å². The molecule has 0 aromatic carbocycles. The summed E-state index contributed by atoms with van der Waals surface area (Å²) in [6, 6.07) is 4.29. The lowest BCUT2D eigenvalue weighted by atomic mass is 10.0. The van der Waals surface area contributed by atoms with E-state index < -0.39 is 24.2 Å². The molecule has 0 saturated carbocycles. The van der Waals surface area contributed by atoms with E-state index in [2.05, 4.69) is 10.1 Å². The number of alkyl halides is 3. The smallest absolute Gasteiger partial charge is 0.362 e. The van der Waals surface area contributed by atoms with Crippen LogP contribution in [0, 0.1) is 0 Å². The van der Waals surface area contributed by atoms with E-state index in [-0.39, 0.29) is 16.4 Å². The second-order valence-corrected chi connectivity index (χ2v) is 5.09. The lowest BCUT2D eigenvalue weighted by molar-refractivity contribution is -0.297. The molecule has 0 bridgehead atoms. The first-order chi connectivity index (χ1) is 10.3. The van der Waals surface area contributed by atoms with Gasteiger partial charge in [0.25, 0.3) is 11.6 Å². The predicted octanol–water partition coefficient (Wildman–Crippen LogP) is 2.72. The van der Waals surface area contributed by atoms with Crippen molar-refractivity contribution in [1.82, 2.24) is 9.99 Å². The molecule has 1 aromatic heterocycles. The summed E-state index contributed by atoms with van der Waals surface area (Å²) in [6.45, 7) is 1.89. The van der Waals surface area contributed by atoms with Crippen LogP contribution in [0.5, 0.6) is 0 Å². The molecule has 0 saturated heterocycles. The maximum atomic E-state index is 13.2. The highest BCUT2D eigenvalue weighted by Crippen LogP contribution is 2.41. The molecule has 2 rings (SSSR count). The van der Waals surface area contributed by atoms with Crippen molar-refractivity contribution in [1.29, 1.82) is 0 Å². The van der Waals surface area contributed by atoms with Crippen molar-refractivity contribution in [2.75, 3.05) is 0 Å². The molecular weight excluding hydrogens is 299 g/mol. The second-order valence-electron chi connectivity index (χ2n) is 5.09. The molecule has 0 spiro atoms. The second kappa shape index (κ2) is 6.04. The Balaban J connectivity index is 2.34. The Kier molecular flexibility index (Phi) is 4.50. The number of nitrogens with zero attached hydrogens (tertiary/aromatic N) is 3. The van der Waals surface area contributed by atoms with Crippen LogP contribution in [0.2, 0.25) is 0 Å². The van der Waals surface area contributed by atoms with Crippen LogP contribution in [-0.4, -0.2) is 38.6 Å². The summed E-state index contributed by atoms with van der Waals surface area (Å²) in [5.41, 5.74) is -3.36. The number of rotatable bonds is 4. The van der Waals surface area contributed by atoms with Crippen molar-refractivity contribution in [3.63, 3.8) is 0 Å². The van der Waals surface area contributed by atoms with Crippen LogP contribution >= 0.6 is 0 Å². The molecule has 1 aliphatic heterocycles. The molecule has 0 aliphatic carbocycles. The molecule has 1 amide bonds. The van der Waals surface area contributed by atoms with Gasteiger partial charge in [0.1, 0.15) is 5.69 Å². The maximum Gasteiger partial charge on any atom is 0.438 e. The van der Waals surface area contributed by atoms with E-state index in [0.29, 0.717) is 12.8 Å². The van der Waals surface area contributed by atoms with Gasteiger partial charge in [0.15, 0.2) is 0 Å². The Morgan fingerprint density at radius 2 is 2.18 bits per heavy atom. The van der Waals surface area contributed by atoms with Gasteiger partial charge in [-0.25, -0.2) is 0 Å². The highest BCUT2D eigenvalue weighted by atomic mass is 19.4. The van der Waals surface area contributed by atoms with Gasteiger partial charge in [-0.15, -0.1) is 0 Å². The first kappa shape index (κ1) is 16.4. The molecule has 5 nitrogen and oxygen atoms in total. The first-order valence-electron chi connectivity index (χ1n) is 6.90. The third kappa shape index (κ3) is 2.96. The average molecular weight is 315 g/mol. The number of aromatic nitrogens is 1. The highest BCUT2D eigenvalue weighted by Gasteiger charge is 2.63. The Bertz CT molecular complexity index is 574. The highest BCUT2D eigenvalue weighted by molar-refractivity contribution is 5.97. The first-order valence-corrected chi connectivity index (χ1v) is 6.90. The van der Waals surface area contributed by atoms with Crippen LogP contribution in [0.4, 0.5) is 13.2 Å². The molecule has 1 aliphatic rings. The zero-order valence-electron chi connectivity index (χ0n) is 12.0. The number of hydrogen-bond donors (Lipinski definition) is 1. The molecule has 2 heterocycles. The van der Waals surface area contributed by atoms with E-state index in [1.807, 2.05) is 6.92 Å². The Morgan fingerprint density at radius 1 is 1.45 bits per heavy atom. The number of aliphatic hydroxyl groups is 1. The van der Waals surface area contributed by atoms with Crippen molar-refractivity contribution in [2.24, 2.45) is 5.10 Å². The van der Waals surface area contributed by atoms with Gasteiger partial charge in [-0.3, -0.25) is 9.78 Å². The Labute approximate surface area is 125 Å². The van der Waals surface area contributed by atoms with Gasteiger partial charge in [-0.1, -0.05) is 19.4 Å². The molecule has 1 atom stereocenters. The summed E-state index contributed by atoms with van der Waals surface area (Å²) in [5.74, 6) is -1.08. The molecule has 8 heteroatoms. The van der Waals surface area contributed by atoms with Gasteiger partial charge in [0.05, 0.1) is 0 Å². The monoisotopic (exact) mass is 315 g/mol. The average Bonchev–Trinajstić information content (AvgIpc) is 2.83. The Hall–Kier alpha value is -1.96. The minimum absolute atomic E-state index is 0.111. The summed E-state index contributed by atoms with van der Waals surface area (Å²) in [7, 11) is 0. The molecule has 0 radical (unpaired) electrons. The van der Waals surface area contributed by atoms with Crippen LogP contribution < -0.4 is 0 Å². The minimum Gasteiger partial charge on any atom is -0.362 e. The number of hydrogen-bond acceptors (Lipinski definition) is 4. The van der Waals surface area contributed by atoms with Gasteiger partial charge >= 0.3 is 6.18 Å². The van der Waals surface area contributed by atoms with E-state index in [9.17, 15) is 23.1 Å². The molecular formula is C14H16F3N3O2. The van der Waals surface area contributed by atoms with Crippen LogP contribution in [0.1, 0.15) is 43.1 Å². The number of hydrazone groups is 1.